The zero-order valence-electron chi connectivity index (χ0n) is 13.1. The minimum atomic E-state index is -0.441. The maximum absolute atomic E-state index is 11.8. The number of methoxy groups -OCH3 is 1. The molecule has 0 spiro atoms. The standard InChI is InChI=1S/C13H23N3O2S.2ClH/c1-9-10(2)19-12(15-9)13(3,4)16-11(17)8-14-6-7-18-5;;/h14H,6-8H2,1-5H3,(H,16,17);2*1H. The van der Waals surface area contributed by atoms with Crippen molar-refractivity contribution in [2.75, 3.05) is 26.8 Å². The lowest BCUT2D eigenvalue weighted by Crippen LogP contribution is -2.45. The van der Waals surface area contributed by atoms with Gasteiger partial charge in [0, 0.05) is 18.5 Å². The number of carbonyl (C=O) groups excluding carboxylic acids is 1. The highest BCUT2D eigenvalue weighted by Gasteiger charge is 2.26. The molecule has 0 bridgehead atoms. The molecule has 21 heavy (non-hydrogen) atoms. The van der Waals surface area contributed by atoms with Crippen molar-refractivity contribution in [3.05, 3.63) is 15.6 Å². The van der Waals surface area contributed by atoms with Crippen molar-refractivity contribution in [3.63, 3.8) is 0 Å². The van der Waals surface area contributed by atoms with Gasteiger partial charge in [0.2, 0.25) is 5.91 Å². The lowest BCUT2D eigenvalue weighted by molar-refractivity contribution is -0.121. The Morgan fingerprint density at radius 1 is 1.33 bits per heavy atom. The molecule has 8 heteroatoms. The molecule has 0 aliphatic rings. The lowest BCUT2D eigenvalue weighted by Gasteiger charge is -2.24. The second kappa shape index (κ2) is 10.3. The first-order valence-corrected chi connectivity index (χ1v) is 7.13. The van der Waals surface area contributed by atoms with E-state index in [4.69, 9.17) is 4.74 Å². The first-order valence-electron chi connectivity index (χ1n) is 6.32. The summed E-state index contributed by atoms with van der Waals surface area (Å²) in [6.07, 6.45) is 0. The quantitative estimate of drug-likeness (QED) is 0.734. The van der Waals surface area contributed by atoms with Crippen LogP contribution in [0, 0.1) is 13.8 Å². The van der Waals surface area contributed by atoms with E-state index in [1.807, 2.05) is 27.7 Å². The molecule has 1 aromatic rings. The van der Waals surface area contributed by atoms with Crippen molar-refractivity contribution in [3.8, 4) is 0 Å². The Labute approximate surface area is 143 Å². The molecular formula is C13H25Cl2N3O2S. The van der Waals surface area contributed by atoms with E-state index in [2.05, 4.69) is 15.6 Å². The van der Waals surface area contributed by atoms with E-state index in [-0.39, 0.29) is 37.3 Å². The van der Waals surface area contributed by atoms with E-state index in [1.54, 1.807) is 18.4 Å². The highest BCUT2D eigenvalue weighted by molar-refractivity contribution is 7.11. The molecule has 0 saturated heterocycles. The van der Waals surface area contributed by atoms with Crippen molar-refractivity contribution in [1.82, 2.24) is 15.6 Å². The summed E-state index contributed by atoms with van der Waals surface area (Å²) in [6, 6.07) is 0. The number of hydrogen-bond donors (Lipinski definition) is 2. The average molecular weight is 358 g/mol. The Hall–Kier alpha value is -0.400. The summed E-state index contributed by atoms with van der Waals surface area (Å²) in [7, 11) is 1.64. The van der Waals surface area contributed by atoms with E-state index < -0.39 is 5.54 Å². The van der Waals surface area contributed by atoms with Gasteiger partial charge in [-0.25, -0.2) is 4.98 Å². The molecule has 1 heterocycles. The van der Waals surface area contributed by atoms with Crippen LogP contribution >= 0.6 is 36.2 Å². The molecule has 1 rings (SSSR count). The highest BCUT2D eigenvalue weighted by atomic mass is 35.5. The van der Waals surface area contributed by atoms with Crippen molar-refractivity contribution in [1.29, 1.82) is 0 Å². The summed E-state index contributed by atoms with van der Waals surface area (Å²) >= 11 is 1.63. The van der Waals surface area contributed by atoms with Crippen LogP contribution in [0.1, 0.15) is 29.4 Å². The fourth-order valence-electron chi connectivity index (χ4n) is 1.56. The zero-order valence-corrected chi connectivity index (χ0v) is 15.6. The van der Waals surface area contributed by atoms with E-state index in [0.29, 0.717) is 13.2 Å². The average Bonchev–Trinajstić information content (AvgIpc) is 2.66. The molecule has 1 amide bonds. The monoisotopic (exact) mass is 357 g/mol. The molecular weight excluding hydrogens is 333 g/mol. The lowest BCUT2D eigenvalue weighted by atomic mass is 10.1. The summed E-state index contributed by atoms with van der Waals surface area (Å²) in [5, 5.41) is 6.96. The van der Waals surface area contributed by atoms with Crippen LogP contribution in [0.15, 0.2) is 0 Å². The van der Waals surface area contributed by atoms with Crippen LogP contribution in [0.4, 0.5) is 0 Å². The van der Waals surface area contributed by atoms with Gasteiger partial charge in [0.15, 0.2) is 0 Å². The number of aromatic nitrogens is 1. The van der Waals surface area contributed by atoms with Gasteiger partial charge in [-0.05, 0) is 27.7 Å². The summed E-state index contributed by atoms with van der Waals surface area (Å²) in [5.74, 6) is -0.0355. The number of ether oxygens (including phenoxy) is 1. The predicted octanol–water partition coefficient (Wildman–Crippen LogP) is 2.19. The number of hydrogen-bond acceptors (Lipinski definition) is 5. The normalized spacial score (nSPS) is 10.5. The molecule has 0 unspecified atom stereocenters. The summed E-state index contributed by atoms with van der Waals surface area (Å²) < 4.78 is 4.91. The van der Waals surface area contributed by atoms with Gasteiger partial charge in [-0.15, -0.1) is 36.2 Å². The van der Waals surface area contributed by atoms with Crippen LogP contribution in [0.25, 0.3) is 0 Å². The van der Waals surface area contributed by atoms with Gasteiger partial charge in [0.1, 0.15) is 5.01 Å². The van der Waals surface area contributed by atoms with Gasteiger partial charge in [0.25, 0.3) is 0 Å². The molecule has 0 atom stereocenters. The number of amides is 1. The van der Waals surface area contributed by atoms with Crippen LogP contribution in [0.5, 0.6) is 0 Å². The number of nitrogens with zero attached hydrogens (tertiary/aromatic N) is 1. The Bertz CT molecular complexity index is 420. The number of nitrogens with one attached hydrogen (secondary N) is 2. The third kappa shape index (κ3) is 7.42. The number of thiazole rings is 1. The first-order chi connectivity index (χ1) is 8.86. The van der Waals surface area contributed by atoms with E-state index >= 15 is 0 Å². The summed E-state index contributed by atoms with van der Waals surface area (Å²) in [4.78, 5) is 17.5. The SMILES string of the molecule is COCCNCC(=O)NC(C)(C)c1nc(C)c(C)s1.Cl.Cl. The van der Waals surface area contributed by atoms with Crippen LogP contribution in [-0.2, 0) is 15.1 Å². The van der Waals surface area contributed by atoms with Gasteiger partial charge in [-0.2, -0.15) is 0 Å². The fourth-order valence-corrected chi connectivity index (χ4v) is 2.53. The summed E-state index contributed by atoms with van der Waals surface area (Å²) in [5.41, 5.74) is 0.588. The van der Waals surface area contributed by atoms with E-state index in [0.717, 1.165) is 10.7 Å². The van der Waals surface area contributed by atoms with Gasteiger partial charge in [0.05, 0.1) is 24.4 Å². The topological polar surface area (TPSA) is 63.2 Å². The molecule has 0 radical (unpaired) electrons. The van der Waals surface area contributed by atoms with Gasteiger partial charge in [-0.1, -0.05) is 0 Å². The molecule has 0 aliphatic heterocycles. The maximum atomic E-state index is 11.8. The van der Waals surface area contributed by atoms with E-state index in [1.165, 1.54) is 4.88 Å². The molecule has 0 fully saturated rings. The molecule has 124 valence electrons. The number of carbonyl (C=O) groups is 1. The Morgan fingerprint density at radius 3 is 2.43 bits per heavy atom. The molecule has 0 aromatic carbocycles. The van der Waals surface area contributed by atoms with Crippen LogP contribution < -0.4 is 10.6 Å². The third-order valence-corrected chi connectivity index (χ3v) is 4.18. The first kappa shape index (κ1) is 22.9. The Balaban J connectivity index is 0. The van der Waals surface area contributed by atoms with Crippen LogP contribution in [0.3, 0.4) is 0 Å². The van der Waals surface area contributed by atoms with Gasteiger partial charge in [-0.3, -0.25) is 4.79 Å². The Morgan fingerprint density at radius 2 is 1.95 bits per heavy atom. The second-order valence-electron chi connectivity index (χ2n) is 5.00. The second-order valence-corrected chi connectivity index (χ2v) is 6.21. The fraction of sp³-hybridized carbons (Fsp3) is 0.692. The van der Waals surface area contributed by atoms with Crippen molar-refractivity contribution < 1.29 is 9.53 Å². The highest BCUT2D eigenvalue weighted by Crippen LogP contribution is 2.26. The van der Waals surface area contributed by atoms with Crippen molar-refractivity contribution in [2.24, 2.45) is 0 Å². The number of aryl methyl sites for hydroxylation is 2. The predicted molar refractivity (Wildman–Crippen MR) is 92.0 cm³/mol. The number of rotatable bonds is 7. The largest absolute Gasteiger partial charge is 0.383 e. The molecule has 5 nitrogen and oxygen atoms in total. The Kier molecular flexibility index (Phi) is 11.3. The van der Waals surface area contributed by atoms with E-state index in [9.17, 15) is 4.79 Å². The maximum Gasteiger partial charge on any atom is 0.234 e. The summed E-state index contributed by atoms with van der Waals surface area (Å²) in [6.45, 7) is 9.52. The van der Waals surface area contributed by atoms with Gasteiger partial charge >= 0.3 is 0 Å². The van der Waals surface area contributed by atoms with Crippen LogP contribution in [-0.4, -0.2) is 37.7 Å². The minimum Gasteiger partial charge on any atom is -0.383 e. The van der Waals surface area contributed by atoms with Gasteiger partial charge < -0.3 is 15.4 Å². The minimum absolute atomic E-state index is 0. The van der Waals surface area contributed by atoms with Crippen molar-refractivity contribution in [2.45, 2.75) is 33.2 Å². The third-order valence-electron chi connectivity index (χ3n) is 2.78. The molecule has 0 saturated carbocycles. The van der Waals surface area contributed by atoms with Crippen LogP contribution in [0.2, 0.25) is 0 Å². The molecule has 0 aliphatic carbocycles. The molecule has 2 N–H and O–H groups in total. The number of halogens is 2. The zero-order chi connectivity index (χ0) is 14.5. The molecule has 1 aromatic heterocycles. The smallest absolute Gasteiger partial charge is 0.234 e. The van der Waals surface area contributed by atoms with Crippen molar-refractivity contribution >= 4 is 42.1 Å².